The van der Waals surface area contributed by atoms with E-state index in [1.165, 1.54) is 66.3 Å². The number of hydrogen-bond donors (Lipinski definition) is 0. The van der Waals surface area contributed by atoms with Gasteiger partial charge < -0.3 is 0 Å². The predicted molar refractivity (Wildman–Crippen MR) is 234 cm³/mol. The van der Waals surface area contributed by atoms with Crippen molar-refractivity contribution >= 4 is 131 Å². The zero-order valence-corrected chi connectivity index (χ0v) is 33.0. The summed E-state index contributed by atoms with van der Waals surface area (Å²) in [5.41, 5.74) is 10.6. The van der Waals surface area contributed by atoms with Gasteiger partial charge in [-0.1, -0.05) is 0 Å². The van der Waals surface area contributed by atoms with Gasteiger partial charge in [-0.2, -0.15) is 0 Å². The van der Waals surface area contributed by atoms with Crippen LogP contribution in [0.1, 0.15) is 0 Å². The Morgan fingerprint density at radius 2 is 0.982 bits per heavy atom. The van der Waals surface area contributed by atoms with E-state index in [1.54, 1.807) is 0 Å². The monoisotopic (exact) mass is 845 g/mol. The Labute approximate surface area is 334 Å². The van der Waals surface area contributed by atoms with Crippen LogP contribution in [0.2, 0.25) is 0 Å². The number of para-hydroxylation sites is 3. The molecule has 2 aromatic heterocycles. The summed E-state index contributed by atoms with van der Waals surface area (Å²) in [5.74, 6) is 5.43. The number of rotatable bonds is 1. The number of hydrogen-bond acceptors (Lipinski definition) is 4. The average molecular weight is 843 g/mol. The molecule has 0 atom stereocenters. The van der Waals surface area contributed by atoms with E-state index in [4.69, 9.17) is 14.2 Å². The molecule has 0 unspecified atom stereocenters. The maximum absolute atomic E-state index is 7.35. The molecule has 4 aliphatic rings. The van der Waals surface area contributed by atoms with Crippen LogP contribution in [-0.4, -0.2) is 42.4 Å². The van der Waals surface area contributed by atoms with Crippen molar-refractivity contribution in [1.82, 2.24) is 0 Å². The van der Waals surface area contributed by atoms with Gasteiger partial charge in [0.25, 0.3) is 0 Å². The molecule has 0 bridgehead atoms. The molecule has 56 heavy (non-hydrogen) atoms. The van der Waals surface area contributed by atoms with Gasteiger partial charge in [-0.15, -0.1) is 0 Å². The van der Waals surface area contributed by atoms with E-state index < -0.39 is 0 Å². The van der Waals surface area contributed by atoms with E-state index >= 15 is 0 Å². The third kappa shape index (κ3) is 3.87. The van der Waals surface area contributed by atoms with Crippen molar-refractivity contribution in [2.75, 3.05) is 4.90 Å². The summed E-state index contributed by atoms with van der Waals surface area (Å²) in [6.45, 7) is -0.0963. The van der Waals surface area contributed by atoms with Crippen molar-refractivity contribution in [3.63, 3.8) is 0 Å². The molecule has 4 nitrogen and oxygen atoms in total. The Morgan fingerprint density at radius 3 is 1.77 bits per heavy atom. The van der Waals surface area contributed by atoms with Crippen LogP contribution in [0.4, 0.5) is 17.1 Å². The van der Waals surface area contributed by atoms with Crippen LogP contribution in [0, 0.1) is 0 Å². The van der Waals surface area contributed by atoms with Gasteiger partial charge >= 0.3 is 336 Å². The predicted octanol–water partition coefficient (Wildman–Crippen LogP) is 7.55. The first kappa shape index (κ1) is 30.4. The zero-order valence-electron chi connectivity index (χ0n) is 29.6. The number of anilines is 3. The molecule has 6 heterocycles. The summed E-state index contributed by atoms with van der Waals surface area (Å²) in [6.07, 6.45) is 0. The first-order chi connectivity index (χ1) is 27.8. The number of fused-ring (bicyclic) bond motifs is 16. The normalized spacial score (nSPS) is 14.0. The number of nitrogens with zero attached hydrogens (tertiary/aromatic N) is 1. The molecule has 8 heteroatoms. The minimum absolute atomic E-state index is 0.0404. The summed E-state index contributed by atoms with van der Waals surface area (Å²) in [7, 11) is 0. The van der Waals surface area contributed by atoms with Crippen molar-refractivity contribution in [3.05, 3.63) is 152 Å². The molecule has 10 aromatic rings. The third-order valence-electron chi connectivity index (χ3n) is 12.2. The molecule has 258 valence electrons. The maximum atomic E-state index is 7.35. The molecule has 0 radical (unpaired) electrons. The van der Waals surface area contributed by atoms with Gasteiger partial charge in [-0.25, -0.2) is 0 Å². The van der Waals surface area contributed by atoms with Gasteiger partial charge in [0.1, 0.15) is 0 Å². The van der Waals surface area contributed by atoms with E-state index in [9.17, 15) is 0 Å². The fourth-order valence-corrected chi connectivity index (χ4v) is 14.8. The molecular formula is C48H25B2NO3Se2. The average Bonchev–Trinajstić information content (AvgIpc) is 3.81. The zero-order chi connectivity index (χ0) is 36.2. The molecule has 0 saturated carbocycles. The van der Waals surface area contributed by atoms with Crippen LogP contribution >= 0.6 is 0 Å². The second-order valence-corrected chi connectivity index (χ2v) is 19.6. The van der Waals surface area contributed by atoms with Crippen LogP contribution in [0.5, 0.6) is 34.5 Å². The number of benzene rings is 8. The first-order valence-corrected chi connectivity index (χ1v) is 22.4. The fraction of sp³-hybridized carbons (Fsp3) is 0. The van der Waals surface area contributed by atoms with Crippen molar-refractivity contribution in [1.29, 1.82) is 0 Å². The second-order valence-electron chi connectivity index (χ2n) is 15.1. The molecule has 0 fully saturated rings. The summed E-state index contributed by atoms with van der Waals surface area (Å²) in [5, 5.41) is 5.04. The molecule has 0 saturated heterocycles. The Morgan fingerprint density at radius 1 is 0.393 bits per heavy atom. The van der Waals surface area contributed by atoms with Crippen molar-refractivity contribution in [2.24, 2.45) is 0 Å². The summed E-state index contributed by atoms with van der Waals surface area (Å²) in [4.78, 5) is 2.46. The third-order valence-corrected chi connectivity index (χ3v) is 16.9. The van der Waals surface area contributed by atoms with E-state index in [0.29, 0.717) is 0 Å². The van der Waals surface area contributed by atoms with E-state index in [0.717, 1.165) is 56.6 Å². The summed E-state index contributed by atoms with van der Waals surface area (Å²) < 4.78 is 26.8. The van der Waals surface area contributed by atoms with Crippen molar-refractivity contribution in [3.8, 4) is 34.5 Å². The standard InChI is InChI=1S/C48H25B2NO3Se2/c1-2-12-26(13-3-1)51-33-18-8-6-16-29(33)49-32-22-31-36(24-37(32)54-47-43-27-14-4-10-20-39(27)55-41(43)23-34(51)45(47)49)52-38-25-42-44(28-15-5-11-21-40(28)56-42)48-46(38)50(31)30-17-7-9-19-35(30)53-48/h1-25H. The van der Waals surface area contributed by atoms with E-state index in [-0.39, 0.29) is 42.4 Å². The van der Waals surface area contributed by atoms with E-state index in [1.807, 2.05) is 0 Å². The van der Waals surface area contributed by atoms with Crippen molar-refractivity contribution < 1.29 is 14.2 Å². The van der Waals surface area contributed by atoms with Crippen LogP contribution in [0.3, 0.4) is 0 Å². The first-order valence-electron chi connectivity index (χ1n) is 19.0. The Kier molecular flexibility index (Phi) is 5.92. The van der Waals surface area contributed by atoms with Gasteiger partial charge in [0, 0.05) is 0 Å². The quantitative estimate of drug-likeness (QED) is 0.160. The molecule has 14 rings (SSSR count). The van der Waals surface area contributed by atoms with Gasteiger partial charge in [-0.3, -0.25) is 0 Å². The molecule has 4 aliphatic heterocycles. The molecule has 0 amide bonds. The van der Waals surface area contributed by atoms with Crippen LogP contribution in [0.15, 0.2) is 152 Å². The van der Waals surface area contributed by atoms with Gasteiger partial charge in [0.05, 0.1) is 0 Å². The fourth-order valence-electron chi connectivity index (χ4n) is 9.98. The van der Waals surface area contributed by atoms with Crippen LogP contribution < -0.4 is 51.9 Å². The van der Waals surface area contributed by atoms with Gasteiger partial charge in [0.2, 0.25) is 0 Å². The summed E-state index contributed by atoms with van der Waals surface area (Å²) in [6, 6.07) is 55.4. The van der Waals surface area contributed by atoms with Crippen molar-refractivity contribution in [2.45, 2.75) is 0 Å². The molecule has 0 aliphatic carbocycles. The van der Waals surface area contributed by atoms with Crippen LogP contribution in [-0.2, 0) is 0 Å². The Hall–Kier alpha value is -5.87. The summed E-state index contributed by atoms with van der Waals surface area (Å²) >= 11 is 0.325. The van der Waals surface area contributed by atoms with Crippen LogP contribution in [0.25, 0.3) is 38.6 Å². The molecule has 0 N–H and O–H groups in total. The Balaban J connectivity index is 1.07. The second kappa shape index (κ2) is 10.9. The topological polar surface area (TPSA) is 30.9 Å². The Bertz CT molecular complexity index is 3390. The SMILES string of the molecule is c1ccc(N2c3ccccc3B3c4cc5c(cc4Oc4c3c2cc2[se]c3ccccc3c42)Oc2cc3[se]c4ccccc4c3c3c2B5c2ccccc2O3)cc1. The van der Waals surface area contributed by atoms with Gasteiger partial charge in [0.15, 0.2) is 0 Å². The molecular weight excluding hydrogens is 818 g/mol. The minimum atomic E-state index is -0.0559. The molecule has 0 spiro atoms. The molecule has 8 aromatic carbocycles. The van der Waals surface area contributed by atoms with E-state index in [2.05, 4.69) is 157 Å². The van der Waals surface area contributed by atoms with Gasteiger partial charge in [-0.05, 0) is 0 Å². The number of ether oxygens (including phenoxy) is 3.